The molecule has 0 nitrogen and oxygen atoms in total. The van der Waals surface area contributed by atoms with Crippen LogP contribution < -0.4 is 0 Å². The van der Waals surface area contributed by atoms with Crippen molar-refractivity contribution >= 4 is 0 Å². The first-order valence-corrected chi connectivity index (χ1v) is 3.40. The largest absolute Gasteiger partial charge is 0.374 e. The van der Waals surface area contributed by atoms with Crippen molar-refractivity contribution in [1.82, 2.24) is 0 Å². The molecule has 0 N–H and O–H groups in total. The van der Waals surface area contributed by atoms with Crippen LogP contribution in [0.25, 0.3) is 0 Å². The molecule has 0 spiro atoms. The van der Waals surface area contributed by atoms with Crippen LogP contribution in [0, 0.1) is 0 Å². The second kappa shape index (κ2) is 2.51. The van der Waals surface area contributed by atoms with Gasteiger partial charge in [-0.1, -0.05) is 0 Å². The highest BCUT2D eigenvalue weighted by molar-refractivity contribution is 5.04. The first-order chi connectivity index (χ1) is 5.63. The maximum absolute atomic E-state index is 12.3. The highest BCUT2D eigenvalue weighted by Gasteiger charge is 2.76. The van der Waals surface area contributed by atoms with Crippen molar-refractivity contribution < 1.29 is 30.7 Å². The summed E-state index contributed by atoms with van der Waals surface area (Å²) in [4.78, 5) is 0. The Morgan fingerprint density at radius 2 is 1.38 bits per heavy atom. The number of halogens is 7. The van der Waals surface area contributed by atoms with Gasteiger partial charge in [-0.25, -0.2) is 4.39 Å². The maximum Gasteiger partial charge on any atom is 0.374 e. The lowest BCUT2D eigenvalue weighted by atomic mass is 9.88. The third-order valence-electron chi connectivity index (χ3n) is 1.98. The predicted octanol–water partition coefficient (Wildman–Crippen LogP) is 3.02. The van der Waals surface area contributed by atoms with Gasteiger partial charge in [0.05, 0.1) is 0 Å². The van der Waals surface area contributed by atoms with Gasteiger partial charge in [0.1, 0.15) is 0 Å². The van der Waals surface area contributed by atoms with Crippen LogP contribution in [0.2, 0.25) is 0 Å². The van der Waals surface area contributed by atoms with Crippen LogP contribution in [0.1, 0.15) is 12.8 Å². The second-order valence-corrected chi connectivity index (χ2v) is 2.91. The standard InChI is InChI=1S/C6H5F7/c7-3-1-2-4(8,9)6(12,13)5(3,10)11/h3H,1-2H2. The first kappa shape index (κ1) is 10.6. The van der Waals surface area contributed by atoms with Gasteiger partial charge in [-0.15, -0.1) is 0 Å². The summed E-state index contributed by atoms with van der Waals surface area (Å²) in [6.07, 6.45) is -6.02. The van der Waals surface area contributed by atoms with Crippen molar-refractivity contribution in [2.24, 2.45) is 0 Å². The Balaban J connectivity index is 3.07. The van der Waals surface area contributed by atoms with Gasteiger partial charge in [-0.3, -0.25) is 0 Å². The van der Waals surface area contributed by atoms with Crippen LogP contribution in [-0.4, -0.2) is 23.9 Å². The molecule has 0 aliphatic heterocycles. The van der Waals surface area contributed by atoms with Gasteiger partial charge in [0.2, 0.25) is 0 Å². The molecule has 1 aliphatic rings. The first-order valence-electron chi connectivity index (χ1n) is 3.40. The van der Waals surface area contributed by atoms with Gasteiger partial charge in [-0.2, -0.15) is 26.3 Å². The third kappa shape index (κ3) is 1.20. The summed E-state index contributed by atoms with van der Waals surface area (Å²) in [6.45, 7) is 0. The molecule has 78 valence electrons. The van der Waals surface area contributed by atoms with Crippen LogP contribution >= 0.6 is 0 Å². The molecule has 0 aromatic carbocycles. The number of hydrogen-bond acceptors (Lipinski definition) is 0. The third-order valence-corrected chi connectivity index (χ3v) is 1.98. The highest BCUT2D eigenvalue weighted by atomic mass is 19.3. The van der Waals surface area contributed by atoms with E-state index in [4.69, 9.17) is 0 Å². The van der Waals surface area contributed by atoms with Gasteiger partial charge in [0.15, 0.2) is 6.17 Å². The Hall–Kier alpha value is -0.490. The summed E-state index contributed by atoms with van der Waals surface area (Å²) in [5.41, 5.74) is 0. The van der Waals surface area contributed by atoms with Crippen molar-refractivity contribution in [2.45, 2.75) is 36.8 Å². The molecule has 0 aromatic rings. The molecule has 1 saturated carbocycles. The monoisotopic (exact) mass is 210 g/mol. The molecule has 0 heterocycles. The zero-order chi connectivity index (χ0) is 10.5. The van der Waals surface area contributed by atoms with Crippen molar-refractivity contribution in [3.8, 4) is 0 Å². The van der Waals surface area contributed by atoms with E-state index in [2.05, 4.69) is 0 Å². The van der Waals surface area contributed by atoms with Crippen LogP contribution in [0.15, 0.2) is 0 Å². The molecule has 0 bridgehead atoms. The highest BCUT2D eigenvalue weighted by Crippen LogP contribution is 2.54. The molecule has 0 aromatic heterocycles. The number of alkyl halides is 7. The number of hydrogen-bond donors (Lipinski definition) is 0. The summed E-state index contributed by atoms with van der Waals surface area (Å²) in [6, 6.07) is 0. The smallest absolute Gasteiger partial charge is 0.241 e. The van der Waals surface area contributed by atoms with Crippen molar-refractivity contribution in [2.75, 3.05) is 0 Å². The lowest BCUT2D eigenvalue weighted by Crippen LogP contribution is -2.61. The maximum atomic E-state index is 12.3. The van der Waals surface area contributed by atoms with E-state index in [0.29, 0.717) is 0 Å². The lowest BCUT2D eigenvalue weighted by molar-refractivity contribution is -0.345. The number of rotatable bonds is 0. The van der Waals surface area contributed by atoms with Gasteiger partial charge in [-0.05, 0) is 6.42 Å². The average Bonchev–Trinajstić information content (AvgIpc) is 1.97. The van der Waals surface area contributed by atoms with E-state index in [0.717, 1.165) is 0 Å². The van der Waals surface area contributed by atoms with E-state index in [1.165, 1.54) is 0 Å². The fraction of sp³-hybridized carbons (Fsp3) is 1.00. The Morgan fingerprint density at radius 3 is 1.77 bits per heavy atom. The van der Waals surface area contributed by atoms with Crippen LogP contribution in [0.4, 0.5) is 30.7 Å². The Bertz CT molecular complexity index is 209. The zero-order valence-corrected chi connectivity index (χ0v) is 6.14. The van der Waals surface area contributed by atoms with Crippen LogP contribution in [0.5, 0.6) is 0 Å². The van der Waals surface area contributed by atoms with Gasteiger partial charge in [0, 0.05) is 6.42 Å². The molecule has 1 rings (SSSR count). The molecule has 1 unspecified atom stereocenters. The van der Waals surface area contributed by atoms with Crippen molar-refractivity contribution in [3.63, 3.8) is 0 Å². The molecular weight excluding hydrogens is 205 g/mol. The molecule has 0 radical (unpaired) electrons. The van der Waals surface area contributed by atoms with Gasteiger partial charge in [0.25, 0.3) is 0 Å². The normalized spacial score (nSPS) is 35.8. The van der Waals surface area contributed by atoms with Crippen LogP contribution in [0.3, 0.4) is 0 Å². The van der Waals surface area contributed by atoms with E-state index in [9.17, 15) is 30.7 Å². The molecule has 0 saturated heterocycles. The molecule has 13 heavy (non-hydrogen) atoms. The second-order valence-electron chi connectivity index (χ2n) is 2.91. The minimum absolute atomic E-state index is 1.25. The topological polar surface area (TPSA) is 0 Å². The Morgan fingerprint density at radius 1 is 0.923 bits per heavy atom. The summed E-state index contributed by atoms with van der Waals surface area (Å²) < 4.78 is 85.8. The molecular formula is C6H5F7. The fourth-order valence-electron chi connectivity index (χ4n) is 1.09. The van der Waals surface area contributed by atoms with Crippen molar-refractivity contribution in [3.05, 3.63) is 0 Å². The molecule has 0 amide bonds. The minimum Gasteiger partial charge on any atom is -0.241 e. The van der Waals surface area contributed by atoms with E-state index >= 15 is 0 Å². The zero-order valence-electron chi connectivity index (χ0n) is 6.14. The van der Waals surface area contributed by atoms with E-state index in [1.54, 1.807) is 0 Å². The fourth-order valence-corrected chi connectivity index (χ4v) is 1.09. The quantitative estimate of drug-likeness (QED) is 0.539. The van der Waals surface area contributed by atoms with Gasteiger partial charge >= 0.3 is 17.8 Å². The van der Waals surface area contributed by atoms with Gasteiger partial charge < -0.3 is 0 Å². The molecule has 1 aliphatic carbocycles. The summed E-state index contributed by atoms with van der Waals surface area (Å²) >= 11 is 0. The SMILES string of the molecule is FC1CCC(F)(F)C(F)(F)C1(F)F. The molecule has 7 heteroatoms. The van der Waals surface area contributed by atoms with E-state index in [-0.39, 0.29) is 0 Å². The lowest BCUT2D eigenvalue weighted by Gasteiger charge is -2.38. The van der Waals surface area contributed by atoms with Crippen LogP contribution in [-0.2, 0) is 0 Å². The molecule has 1 fully saturated rings. The Labute approximate surface area is 68.7 Å². The minimum atomic E-state index is -5.60. The molecule has 1 atom stereocenters. The summed E-state index contributed by atoms with van der Waals surface area (Å²) in [7, 11) is 0. The van der Waals surface area contributed by atoms with E-state index in [1.807, 2.05) is 0 Å². The average molecular weight is 210 g/mol. The van der Waals surface area contributed by atoms with Crippen molar-refractivity contribution in [1.29, 1.82) is 0 Å². The van der Waals surface area contributed by atoms with E-state index < -0.39 is 36.8 Å². The summed E-state index contributed by atoms with van der Waals surface area (Å²) in [5, 5.41) is 0. The summed E-state index contributed by atoms with van der Waals surface area (Å²) in [5.74, 6) is -15.7. The Kier molecular flexibility index (Phi) is 2.04. The predicted molar refractivity (Wildman–Crippen MR) is 29.0 cm³/mol.